The Morgan fingerprint density at radius 1 is 1.19 bits per heavy atom. The monoisotopic (exact) mass is 378 g/mol. The van der Waals surface area contributed by atoms with Crippen molar-refractivity contribution in [1.29, 1.82) is 0 Å². The highest BCUT2D eigenvalue weighted by Crippen LogP contribution is 2.37. The van der Waals surface area contributed by atoms with Crippen molar-refractivity contribution in [3.63, 3.8) is 0 Å². The van der Waals surface area contributed by atoms with Gasteiger partial charge in [-0.3, -0.25) is 4.79 Å². The molecule has 26 heavy (non-hydrogen) atoms. The number of hydrogen-bond acceptors (Lipinski definition) is 5. The summed E-state index contributed by atoms with van der Waals surface area (Å²) in [6.07, 6.45) is 7.60. The summed E-state index contributed by atoms with van der Waals surface area (Å²) in [7, 11) is -3.18. The van der Waals surface area contributed by atoms with Crippen molar-refractivity contribution in [3.8, 4) is 11.5 Å². The standard InChI is InChI=1S/C18H22N2O5S/c1-26(22,23)20-14-4-5-15(20)10-13(9-14)19-18(21)7-3-12-2-6-16-17(8-12)25-11-24-16/h2-3,6-8,13-15H,4-5,9-11H2,1H3,(H,19,21)/b7-3+. The number of nitrogens with zero attached hydrogens (tertiary/aromatic N) is 1. The molecule has 3 heterocycles. The van der Waals surface area contributed by atoms with Gasteiger partial charge in [0, 0.05) is 24.2 Å². The molecule has 0 radical (unpaired) electrons. The lowest BCUT2D eigenvalue weighted by molar-refractivity contribution is -0.117. The lowest BCUT2D eigenvalue weighted by Gasteiger charge is -2.37. The predicted molar refractivity (Wildman–Crippen MR) is 96.3 cm³/mol. The second kappa shape index (κ2) is 6.59. The molecule has 1 aromatic carbocycles. The van der Waals surface area contributed by atoms with Crippen LogP contribution in [0.15, 0.2) is 24.3 Å². The van der Waals surface area contributed by atoms with Crippen molar-refractivity contribution in [2.45, 2.75) is 43.8 Å². The Bertz CT molecular complexity index is 837. The summed E-state index contributed by atoms with van der Waals surface area (Å²) in [6, 6.07) is 5.54. The van der Waals surface area contributed by atoms with Crippen LogP contribution in [-0.4, -0.2) is 49.8 Å². The van der Waals surface area contributed by atoms with E-state index < -0.39 is 10.0 Å². The van der Waals surface area contributed by atoms with Gasteiger partial charge in [0.25, 0.3) is 0 Å². The van der Waals surface area contributed by atoms with Crippen LogP contribution in [0.1, 0.15) is 31.2 Å². The average Bonchev–Trinajstić information content (AvgIpc) is 3.15. The minimum absolute atomic E-state index is 0.00638. The van der Waals surface area contributed by atoms with Crippen LogP contribution in [0.5, 0.6) is 11.5 Å². The van der Waals surface area contributed by atoms with E-state index >= 15 is 0 Å². The van der Waals surface area contributed by atoms with Gasteiger partial charge in [-0.1, -0.05) is 6.07 Å². The van der Waals surface area contributed by atoms with Crippen LogP contribution >= 0.6 is 0 Å². The molecular weight excluding hydrogens is 356 g/mol. The highest BCUT2D eigenvalue weighted by molar-refractivity contribution is 7.88. The number of fused-ring (bicyclic) bond motifs is 3. The fraction of sp³-hybridized carbons (Fsp3) is 0.500. The topological polar surface area (TPSA) is 84.9 Å². The summed E-state index contributed by atoms with van der Waals surface area (Å²) in [4.78, 5) is 12.2. The quantitative estimate of drug-likeness (QED) is 0.803. The number of carbonyl (C=O) groups excluding carboxylic acids is 1. The third-order valence-electron chi connectivity index (χ3n) is 5.22. The summed E-state index contributed by atoms with van der Waals surface area (Å²) in [6.45, 7) is 0.220. The zero-order valence-electron chi connectivity index (χ0n) is 14.6. The Morgan fingerprint density at radius 2 is 1.88 bits per heavy atom. The van der Waals surface area contributed by atoms with Crippen LogP contribution in [0.3, 0.4) is 0 Å². The Morgan fingerprint density at radius 3 is 2.58 bits per heavy atom. The molecule has 1 amide bonds. The third kappa shape index (κ3) is 3.43. The lowest BCUT2D eigenvalue weighted by atomic mass is 10.00. The maximum absolute atomic E-state index is 12.2. The number of amides is 1. The molecule has 0 spiro atoms. The van der Waals surface area contributed by atoms with Gasteiger partial charge in [-0.05, 0) is 49.5 Å². The van der Waals surface area contributed by atoms with Crippen molar-refractivity contribution in [2.24, 2.45) is 0 Å². The average molecular weight is 378 g/mol. The first-order chi connectivity index (χ1) is 12.4. The normalized spacial score (nSPS) is 27.8. The molecule has 1 N–H and O–H groups in total. The smallest absolute Gasteiger partial charge is 0.244 e. The molecule has 0 aliphatic carbocycles. The van der Waals surface area contributed by atoms with E-state index in [1.54, 1.807) is 10.4 Å². The Labute approximate surface area is 153 Å². The van der Waals surface area contributed by atoms with Gasteiger partial charge in [-0.25, -0.2) is 8.42 Å². The third-order valence-corrected chi connectivity index (χ3v) is 6.58. The van der Waals surface area contributed by atoms with Gasteiger partial charge in [0.05, 0.1) is 6.26 Å². The van der Waals surface area contributed by atoms with Crippen molar-refractivity contribution in [1.82, 2.24) is 9.62 Å². The van der Waals surface area contributed by atoms with E-state index in [4.69, 9.17) is 9.47 Å². The Kier molecular flexibility index (Phi) is 4.40. The number of benzene rings is 1. The minimum atomic E-state index is -3.18. The molecule has 8 heteroatoms. The van der Waals surface area contributed by atoms with Crippen molar-refractivity contribution in [2.75, 3.05) is 13.0 Å². The Balaban J connectivity index is 1.36. The second-order valence-electron chi connectivity index (χ2n) is 7.10. The largest absolute Gasteiger partial charge is 0.454 e. The number of hydrogen-bond donors (Lipinski definition) is 1. The van der Waals surface area contributed by atoms with Gasteiger partial charge < -0.3 is 14.8 Å². The summed E-state index contributed by atoms with van der Waals surface area (Å²) >= 11 is 0. The van der Waals surface area contributed by atoms with Gasteiger partial charge in [-0.2, -0.15) is 4.31 Å². The number of carbonyl (C=O) groups is 1. The summed E-state index contributed by atoms with van der Waals surface area (Å²) in [5.74, 6) is 1.22. The maximum atomic E-state index is 12.2. The number of piperidine rings is 1. The van der Waals surface area contributed by atoms with Gasteiger partial charge in [0.2, 0.25) is 22.7 Å². The van der Waals surface area contributed by atoms with E-state index in [0.29, 0.717) is 24.3 Å². The zero-order valence-corrected chi connectivity index (χ0v) is 15.4. The first-order valence-electron chi connectivity index (χ1n) is 8.77. The Hall–Kier alpha value is -2.06. The van der Waals surface area contributed by atoms with E-state index in [1.807, 2.05) is 18.2 Å². The summed E-state index contributed by atoms with van der Waals surface area (Å²) in [5, 5.41) is 3.01. The molecule has 2 fully saturated rings. The second-order valence-corrected chi connectivity index (χ2v) is 8.99. The van der Waals surface area contributed by atoms with E-state index in [9.17, 15) is 13.2 Å². The zero-order chi connectivity index (χ0) is 18.3. The van der Waals surface area contributed by atoms with Gasteiger partial charge in [-0.15, -0.1) is 0 Å². The van der Waals surface area contributed by atoms with Crippen LogP contribution < -0.4 is 14.8 Å². The van der Waals surface area contributed by atoms with Crippen molar-refractivity contribution in [3.05, 3.63) is 29.8 Å². The highest BCUT2D eigenvalue weighted by Gasteiger charge is 2.45. The molecule has 4 rings (SSSR count). The molecule has 7 nitrogen and oxygen atoms in total. The van der Waals surface area contributed by atoms with Crippen LogP contribution in [0.25, 0.3) is 6.08 Å². The van der Waals surface area contributed by atoms with E-state index in [0.717, 1.165) is 18.4 Å². The summed E-state index contributed by atoms with van der Waals surface area (Å²) in [5.41, 5.74) is 0.858. The van der Waals surface area contributed by atoms with Crippen LogP contribution in [0, 0.1) is 0 Å². The van der Waals surface area contributed by atoms with Crippen LogP contribution in [0.4, 0.5) is 0 Å². The van der Waals surface area contributed by atoms with Crippen molar-refractivity contribution >= 4 is 22.0 Å². The molecule has 140 valence electrons. The van der Waals surface area contributed by atoms with Crippen LogP contribution in [-0.2, 0) is 14.8 Å². The molecular formula is C18H22N2O5S. The van der Waals surface area contributed by atoms with E-state index in [-0.39, 0.29) is 30.8 Å². The predicted octanol–water partition coefficient (Wildman–Crippen LogP) is 1.50. The van der Waals surface area contributed by atoms with Crippen molar-refractivity contribution < 1.29 is 22.7 Å². The SMILES string of the molecule is CS(=O)(=O)N1C2CCC1CC(NC(=O)/C=C/c1ccc3c(c1)OCO3)C2. The molecule has 2 unspecified atom stereocenters. The highest BCUT2D eigenvalue weighted by atomic mass is 32.2. The first-order valence-corrected chi connectivity index (χ1v) is 10.6. The molecule has 2 atom stereocenters. The molecule has 0 saturated carbocycles. The molecule has 3 aliphatic rings. The molecule has 2 bridgehead atoms. The first kappa shape index (κ1) is 17.4. The van der Waals surface area contributed by atoms with Gasteiger partial charge in [0.15, 0.2) is 11.5 Å². The molecule has 1 aromatic rings. The van der Waals surface area contributed by atoms with Crippen LogP contribution in [0.2, 0.25) is 0 Å². The number of ether oxygens (including phenoxy) is 2. The minimum Gasteiger partial charge on any atom is -0.454 e. The van der Waals surface area contributed by atoms with E-state index in [2.05, 4.69) is 5.32 Å². The number of sulfonamides is 1. The summed E-state index contributed by atoms with van der Waals surface area (Å²) < 4.78 is 36.1. The maximum Gasteiger partial charge on any atom is 0.244 e. The number of nitrogens with one attached hydrogen (secondary N) is 1. The molecule has 2 saturated heterocycles. The number of rotatable bonds is 4. The van der Waals surface area contributed by atoms with Gasteiger partial charge in [0.1, 0.15) is 0 Å². The molecule has 3 aliphatic heterocycles. The fourth-order valence-electron chi connectivity index (χ4n) is 4.23. The van der Waals surface area contributed by atoms with Gasteiger partial charge >= 0.3 is 0 Å². The lowest BCUT2D eigenvalue weighted by Crippen LogP contribution is -2.51. The van der Waals surface area contributed by atoms with E-state index in [1.165, 1.54) is 12.3 Å². The fourth-order valence-corrected chi connectivity index (χ4v) is 5.70. The molecule has 0 aromatic heterocycles.